The van der Waals surface area contributed by atoms with Crippen LogP contribution in [-0.4, -0.2) is 20.8 Å². The Morgan fingerprint density at radius 1 is 1.50 bits per heavy atom. The number of nitrogens with one attached hydrogen (secondary N) is 1. The first-order valence-corrected chi connectivity index (χ1v) is 5.64. The molecule has 0 aromatic carbocycles. The average molecular weight is 233 g/mol. The number of rotatable bonds is 3. The van der Waals surface area contributed by atoms with Gasteiger partial charge in [0.25, 0.3) is 0 Å². The number of hydrogen-bond acceptors (Lipinski definition) is 5. The highest BCUT2D eigenvalue weighted by molar-refractivity contribution is 7.17. The van der Waals surface area contributed by atoms with Gasteiger partial charge in [-0.15, -0.1) is 11.3 Å². The minimum atomic E-state index is 0.0597. The van der Waals surface area contributed by atoms with E-state index in [1.54, 1.807) is 18.6 Å². The largest absolute Gasteiger partial charge is 0.383 e. The second-order valence-corrected chi connectivity index (χ2v) is 4.15. The molecule has 0 bridgehead atoms. The molecule has 6 heteroatoms. The van der Waals surface area contributed by atoms with Crippen LogP contribution in [0.2, 0.25) is 0 Å². The molecule has 5 nitrogen and oxygen atoms in total. The van der Waals surface area contributed by atoms with E-state index < -0.39 is 0 Å². The predicted molar refractivity (Wildman–Crippen MR) is 63.5 cm³/mol. The van der Waals surface area contributed by atoms with Crippen molar-refractivity contribution in [2.75, 3.05) is 0 Å². The summed E-state index contributed by atoms with van der Waals surface area (Å²) in [4.78, 5) is 13.3. The van der Waals surface area contributed by atoms with E-state index in [0.717, 1.165) is 27.7 Å². The highest BCUT2D eigenvalue weighted by Gasteiger charge is 2.13. The summed E-state index contributed by atoms with van der Waals surface area (Å²) in [5, 5.41) is 8.23. The van der Waals surface area contributed by atoms with Gasteiger partial charge in [-0.05, 0) is 6.42 Å². The summed E-state index contributed by atoms with van der Waals surface area (Å²) in [6, 6.07) is 0. The standard InChI is InChI=1S/C10H11N5S/c1-2-6-8(9(11)12)16-10(15-6)7-5-13-3-4-14-7/h3-5H,2H2,1H3,(H3,11,12). The van der Waals surface area contributed by atoms with Crippen LogP contribution < -0.4 is 5.73 Å². The predicted octanol–water partition coefficient (Wildman–Crippen LogP) is 1.45. The second kappa shape index (κ2) is 4.36. The third kappa shape index (κ3) is 1.92. The molecule has 0 spiro atoms. The number of amidine groups is 1. The van der Waals surface area contributed by atoms with Crippen LogP contribution >= 0.6 is 11.3 Å². The number of nitrogens with zero attached hydrogens (tertiary/aromatic N) is 3. The molecule has 0 aliphatic carbocycles. The van der Waals surface area contributed by atoms with E-state index in [4.69, 9.17) is 11.1 Å². The Morgan fingerprint density at radius 2 is 2.31 bits per heavy atom. The van der Waals surface area contributed by atoms with Gasteiger partial charge in [-0.3, -0.25) is 15.4 Å². The van der Waals surface area contributed by atoms with Crippen molar-refractivity contribution in [3.63, 3.8) is 0 Å². The lowest BCUT2D eigenvalue weighted by Crippen LogP contribution is -2.11. The minimum absolute atomic E-state index is 0.0597. The Bertz CT molecular complexity index is 505. The lowest BCUT2D eigenvalue weighted by molar-refractivity contribution is 1.05. The summed E-state index contributed by atoms with van der Waals surface area (Å²) in [6.07, 6.45) is 5.65. The Kier molecular flexibility index (Phi) is 2.91. The summed E-state index contributed by atoms with van der Waals surface area (Å²) in [7, 11) is 0. The quantitative estimate of drug-likeness (QED) is 0.620. The van der Waals surface area contributed by atoms with Crippen molar-refractivity contribution >= 4 is 17.2 Å². The summed E-state index contributed by atoms with van der Waals surface area (Å²) in [5.41, 5.74) is 7.06. The summed E-state index contributed by atoms with van der Waals surface area (Å²) in [6.45, 7) is 1.99. The molecule has 3 N–H and O–H groups in total. The molecule has 0 saturated carbocycles. The second-order valence-electron chi connectivity index (χ2n) is 3.15. The van der Waals surface area contributed by atoms with E-state index in [9.17, 15) is 0 Å². The molecule has 0 aliphatic rings. The van der Waals surface area contributed by atoms with Crippen LogP contribution in [0.15, 0.2) is 18.6 Å². The minimum Gasteiger partial charge on any atom is -0.383 e. The maximum atomic E-state index is 7.47. The first-order valence-electron chi connectivity index (χ1n) is 4.83. The number of hydrogen-bond donors (Lipinski definition) is 2. The SMILES string of the molecule is CCc1nc(-c2cnccn2)sc1C(=N)N. The number of nitrogen functional groups attached to an aromatic ring is 1. The lowest BCUT2D eigenvalue weighted by atomic mass is 10.3. The summed E-state index contributed by atoms with van der Waals surface area (Å²) < 4.78 is 0. The average Bonchev–Trinajstić information content (AvgIpc) is 2.74. The van der Waals surface area contributed by atoms with E-state index in [0.29, 0.717) is 0 Å². The van der Waals surface area contributed by atoms with Gasteiger partial charge < -0.3 is 5.73 Å². The molecule has 2 aromatic heterocycles. The molecule has 0 aliphatic heterocycles. The molecule has 0 atom stereocenters. The van der Waals surface area contributed by atoms with E-state index in [1.807, 2.05) is 6.92 Å². The number of aromatic nitrogens is 3. The fraction of sp³-hybridized carbons (Fsp3) is 0.200. The van der Waals surface area contributed by atoms with Crippen LogP contribution in [0.5, 0.6) is 0 Å². The maximum absolute atomic E-state index is 7.47. The molecule has 0 radical (unpaired) electrons. The first-order chi connectivity index (χ1) is 7.72. The molecule has 0 unspecified atom stereocenters. The molecular formula is C10H11N5S. The Hall–Kier alpha value is -1.82. The molecular weight excluding hydrogens is 222 g/mol. The molecule has 16 heavy (non-hydrogen) atoms. The zero-order valence-electron chi connectivity index (χ0n) is 8.77. The van der Waals surface area contributed by atoms with Gasteiger partial charge in [-0.2, -0.15) is 0 Å². The van der Waals surface area contributed by atoms with Crippen molar-refractivity contribution < 1.29 is 0 Å². The summed E-state index contributed by atoms with van der Waals surface area (Å²) in [5.74, 6) is 0.0597. The van der Waals surface area contributed by atoms with E-state index in [2.05, 4.69) is 15.0 Å². The van der Waals surface area contributed by atoms with E-state index >= 15 is 0 Å². The van der Waals surface area contributed by atoms with Gasteiger partial charge in [0.2, 0.25) is 0 Å². The number of aryl methyl sites for hydroxylation is 1. The normalized spacial score (nSPS) is 10.3. The topological polar surface area (TPSA) is 88.5 Å². The van der Waals surface area contributed by atoms with Crippen molar-refractivity contribution in [1.82, 2.24) is 15.0 Å². The van der Waals surface area contributed by atoms with Crippen molar-refractivity contribution in [2.24, 2.45) is 5.73 Å². The van der Waals surface area contributed by atoms with Crippen molar-refractivity contribution in [3.8, 4) is 10.7 Å². The van der Waals surface area contributed by atoms with Crippen LogP contribution in [0.25, 0.3) is 10.7 Å². The Morgan fingerprint density at radius 3 is 2.81 bits per heavy atom. The number of thiazole rings is 1. The van der Waals surface area contributed by atoms with Gasteiger partial charge in [0.05, 0.1) is 16.8 Å². The molecule has 0 fully saturated rings. The zero-order valence-corrected chi connectivity index (χ0v) is 9.58. The van der Waals surface area contributed by atoms with Gasteiger partial charge in [0.15, 0.2) is 0 Å². The Balaban J connectivity index is 2.48. The van der Waals surface area contributed by atoms with Gasteiger partial charge >= 0.3 is 0 Å². The molecule has 0 amide bonds. The van der Waals surface area contributed by atoms with Crippen molar-refractivity contribution in [3.05, 3.63) is 29.2 Å². The fourth-order valence-corrected chi connectivity index (χ4v) is 2.30. The molecule has 2 rings (SSSR count). The molecule has 2 aromatic rings. The first kappa shape index (κ1) is 10.7. The van der Waals surface area contributed by atoms with Gasteiger partial charge in [0.1, 0.15) is 16.5 Å². The highest BCUT2D eigenvalue weighted by atomic mass is 32.1. The molecule has 0 saturated heterocycles. The van der Waals surface area contributed by atoms with Crippen molar-refractivity contribution in [2.45, 2.75) is 13.3 Å². The van der Waals surface area contributed by atoms with Crippen LogP contribution in [0.1, 0.15) is 17.5 Å². The van der Waals surface area contributed by atoms with E-state index in [1.165, 1.54) is 11.3 Å². The van der Waals surface area contributed by atoms with Crippen LogP contribution in [0, 0.1) is 5.41 Å². The third-order valence-corrected chi connectivity index (χ3v) is 3.21. The van der Waals surface area contributed by atoms with Gasteiger partial charge in [-0.1, -0.05) is 6.92 Å². The number of nitrogens with two attached hydrogens (primary N) is 1. The van der Waals surface area contributed by atoms with Crippen LogP contribution in [-0.2, 0) is 6.42 Å². The third-order valence-electron chi connectivity index (χ3n) is 2.06. The maximum Gasteiger partial charge on any atom is 0.144 e. The summed E-state index contributed by atoms with van der Waals surface area (Å²) >= 11 is 1.38. The highest BCUT2D eigenvalue weighted by Crippen LogP contribution is 2.26. The van der Waals surface area contributed by atoms with Crippen LogP contribution in [0.3, 0.4) is 0 Å². The van der Waals surface area contributed by atoms with Crippen LogP contribution in [0.4, 0.5) is 0 Å². The Labute approximate surface area is 96.9 Å². The fourth-order valence-electron chi connectivity index (χ4n) is 1.32. The zero-order chi connectivity index (χ0) is 11.5. The molecule has 82 valence electrons. The monoisotopic (exact) mass is 233 g/mol. The smallest absolute Gasteiger partial charge is 0.144 e. The van der Waals surface area contributed by atoms with E-state index in [-0.39, 0.29) is 5.84 Å². The molecule has 2 heterocycles. The van der Waals surface area contributed by atoms with Gasteiger partial charge in [-0.25, -0.2) is 4.98 Å². The van der Waals surface area contributed by atoms with Crippen molar-refractivity contribution in [1.29, 1.82) is 5.41 Å². The van der Waals surface area contributed by atoms with Gasteiger partial charge in [0, 0.05) is 12.4 Å². The lowest BCUT2D eigenvalue weighted by Gasteiger charge is -1.93.